The Kier molecular flexibility index (Phi) is 8.63. The fourth-order valence-electron chi connectivity index (χ4n) is 2.94. The van der Waals surface area contributed by atoms with Gasteiger partial charge in [-0.25, -0.2) is 4.98 Å². The molecule has 0 amide bonds. The van der Waals surface area contributed by atoms with E-state index in [0.717, 1.165) is 54.3 Å². The number of nitrogens with one attached hydrogen (secondary N) is 1. The molecule has 1 aromatic heterocycles. The number of hydrogen-bond donors (Lipinski definition) is 2. The number of benzene rings is 1. The number of aromatic nitrogens is 2. The van der Waals surface area contributed by atoms with Gasteiger partial charge in [0.15, 0.2) is 0 Å². The fraction of sp³-hybridized carbons (Fsp3) is 0.533. The average Bonchev–Trinajstić information content (AvgIpc) is 2.84. The molecule has 1 fully saturated rings. The second-order valence-corrected chi connectivity index (χ2v) is 6.87. The molecule has 8 heteroatoms. The highest BCUT2D eigenvalue weighted by Gasteiger charge is 2.21. The highest BCUT2D eigenvalue weighted by atomic mass is 79.9. The van der Waals surface area contributed by atoms with Gasteiger partial charge in [-0.3, -0.25) is 0 Å². The number of aliphatic hydroxyl groups is 1. The van der Waals surface area contributed by atoms with E-state index >= 15 is 0 Å². The molecule has 0 unspecified atom stereocenters. The molecule has 2 atom stereocenters. The van der Waals surface area contributed by atoms with Gasteiger partial charge in [0.05, 0.1) is 28.5 Å². The Balaban J connectivity index is 0.00000132. The van der Waals surface area contributed by atoms with Crippen LogP contribution in [0.4, 0.5) is 0 Å². The van der Waals surface area contributed by atoms with Crippen LogP contribution in [0.15, 0.2) is 22.9 Å². The number of aliphatic hydroxyl groups excluding tert-OH is 1. The Bertz CT molecular complexity index is 638. The van der Waals surface area contributed by atoms with Gasteiger partial charge in [0.2, 0.25) is 0 Å². The van der Waals surface area contributed by atoms with Crippen molar-refractivity contribution in [3.8, 4) is 0 Å². The number of aryl methyl sites for hydroxylation is 1. The predicted octanol–water partition coefficient (Wildman–Crippen LogP) is 4.19. The lowest BCUT2D eigenvalue weighted by atomic mass is 9.97. The van der Waals surface area contributed by atoms with E-state index in [9.17, 15) is 5.11 Å². The molecule has 0 bridgehead atoms. The van der Waals surface area contributed by atoms with Crippen LogP contribution in [-0.4, -0.2) is 33.3 Å². The summed E-state index contributed by atoms with van der Waals surface area (Å²) in [7, 11) is 0. The van der Waals surface area contributed by atoms with Crippen LogP contribution in [0.25, 0.3) is 11.0 Å². The maximum absolute atomic E-state index is 9.96. The second-order valence-electron chi connectivity index (χ2n) is 5.61. The van der Waals surface area contributed by atoms with Gasteiger partial charge in [0.1, 0.15) is 0 Å². The van der Waals surface area contributed by atoms with Crippen molar-refractivity contribution in [1.29, 1.82) is 0 Å². The number of rotatable bonds is 4. The summed E-state index contributed by atoms with van der Waals surface area (Å²) in [6.45, 7) is 1.91. The summed E-state index contributed by atoms with van der Waals surface area (Å²) in [5.74, 6) is 0. The second kappa shape index (κ2) is 9.44. The quantitative estimate of drug-likeness (QED) is 0.742. The molecule has 2 N–H and O–H groups in total. The Morgan fingerprint density at radius 3 is 2.91 bits per heavy atom. The molecule has 0 spiro atoms. The Morgan fingerprint density at radius 2 is 2.17 bits per heavy atom. The summed E-state index contributed by atoms with van der Waals surface area (Å²) < 4.78 is 3.04. The van der Waals surface area contributed by atoms with Crippen LogP contribution in [0, 0.1) is 0 Å². The lowest BCUT2D eigenvalue weighted by Crippen LogP contribution is -2.44. The van der Waals surface area contributed by atoms with Gasteiger partial charge in [-0.15, -0.1) is 24.8 Å². The first-order valence-corrected chi connectivity index (χ1v) is 8.53. The molecule has 1 aliphatic rings. The highest BCUT2D eigenvalue weighted by Crippen LogP contribution is 2.27. The number of halogens is 4. The third kappa shape index (κ3) is 4.97. The van der Waals surface area contributed by atoms with Gasteiger partial charge in [0.25, 0.3) is 0 Å². The van der Waals surface area contributed by atoms with E-state index in [-0.39, 0.29) is 37.0 Å². The molecule has 3 rings (SSSR count). The van der Waals surface area contributed by atoms with Crippen molar-refractivity contribution < 1.29 is 5.11 Å². The average molecular weight is 446 g/mol. The summed E-state index contributed by atoms with van der Waals surface area (Å²) in [4.78, 5) is 4.39. The first-order valence-electron chi connectivity index (χ1n) is 7.36. The minimum atomic E-state index is -0.203. The molecule has 4 nitrogen and oxygen atoms in total. The molecule has 0 saturated carbocycles. The molecule has 130 valence electrons. The molecular weight excluding hydrogens is 424 g/mol. The summed E-state index contributed by atoms with van der Waals surface area (Å²) in [6, 6.07) is 4.12. The van der Waals surface area contributed by atoms with E-state index in [1.165, 1.54) is 0 Å². The number of imidazole rings is 1. The monoisotopic (exact) mass is 443 g/mol. The van der Waals surface area contributed by atoms with Gasteiger partial charge < -0.3 is 15.0 Å². The van der Waals surface area contributed by atoms with E-state index in [1.807, 2.05) is 18.5 Å². The Hall–Kier alpha value is -0.0400. The zero-order chi connectivity index (χ0) is 14.8. The number of piperidine rings is 1. The van der Waals surface area contributed by atoms with Crippen LogP contribution < -0.4 is 5.32 Å². The van der Waals surface area contributed by atoms with E-state index in [0.29, 0.717) is 5.02 Å². The zero-order valence-corrected chi connectivity index (χ0v) is 16.5. The van der Waals surface area contributed by atoms with Gasteiger partial charge in [0, 0.05) is 17.1 Å². The first kappa shape index (κ1) is 21.0. The molecule has 1 aliphatic heterocycles. The van der Waals surface area contributed by atoms with Crippen molar-refractivity contribution >= 4 is 63.4 Å². The number of hydrogen-bond acceptors (Lipinski definition) is 3. The molecular formula is C15H21BrCl3N3O. The van der Waals surface area contributed by atoms with Crippen LogP contribution in [0.1, 0.15) is 25.7 Å². The third-order valence-electron chi connectivity index (χ3n) is 4.12. The van der Waals surface area contributed by atoms with Crippen molar-refractivity contribution in [2.75, 3.05) is 6.54 Å². The summed E-state index contributed by atoms with van der Waals surface area (Å²) in [6.07, 6.45) is 5.63. The standard InChI is InChI=1S/C15H19BrClN3O.2ClH/c16-10-7-14-13(8-11(10)17)19-9-20(14)6-2-3-12-15(21)4-1-5-18-12;;/h7-9,12,15,18,21H,1-6H2;2*1H/t12-,15+;;/m1../s1. The Morgan fingerprint density at radius 1 is 1.39 bits per heavy atom. The Labute approximate surface area is 161 Å². The van der Waals surface area contributed by atoms with Crippen LogP contribution in [0.3, 0.4) is 0 Å². The van der Waals surface area contributed by atoms with Gasteiger partial charge in [-0.1, -0.05) is 11.6 Å². The molecule has 0 aliphatic carbocycles. The zero-order valence-electron chi connectivity index (χ0n) is 12.5. The minimum absolute atomic E-state index is 0. The topological polar surface area (TPSA) is 50.1 Å². The summed E-state index contributed by atoms with van der Waals surface area (Å²) in [5, 5.41) is 14.0. The van der Waals surface area contributed by atoms with Crippen LogP contribution >= 0.6 is 52.3 Å². The molecule has 23 heavy (non-hydrogen) atoms. The normalized spacial score (nSPS) is 20.8. The fourth-order valence-corrected chi connectivity index (χ4v) is 3.43. The van der Waals surface area contributed by atoms with Crippen molar-refractivity contribution in [2.45, 2.75) is 44.4 Å². The lowest BCUT2D eigenvalue weighted by Gasteiger charge is -2.29. The van der Waals surface area contributed by atoms with Crippen LogP contribution in [0.5, 0.6) is 0 Å². The van der Waals surface area contributed by atoms with Gasteiger partial charge in [-0.05, 0) is 60.3 Å². The van der Waals surface area contributed by atoms with Gasteiger partial charge in [-0.2, -0.15) is 0 Å². The van der Waals surface area contributed by atoms with Crippen molar-refractivity contribution in [2.24, 2.45) is 0 Å². The van der Waals surface area contributed by atoms with E-state index < -0.39 is 0 Å². The lowest BCUT2D eigenvalue weighted by molar-refractivity contribution is 0.0909. The number of fused-ring (bicyclic) bond motifs is 1. The van der Waals surface area contributed by atoms with E-state index in [1.54, 1.807) is 0 Å². The van der Waals surface area contributed by atoms with Gasteiger partial charge >= 0.3 is 0 Å². The highest BCUT2D eigenvalue weighted by molar-refractivity contribution is 9.10. The van der Waals surface area contributed by atoms with Crippen LogP contribution in [-0.2, 0) is 6.54 Å². The van der Waals surface area contributed by atoms with Crippen LogP contribution in [0.2, 0.25) is 5.02 Å². The molecule has 2 aromatic rings. The predicted molar refractivity (Wildman–Crippen MR) is 103 cm³/mol. The largest absolute Gasteiger partial charge is 0.392 e. The van der Waals surface area contributed by atoms with E-state index in [2.05, 4.69) is 30.8 Å². The summed E-state index contributed by atoms with van der Waals surface area (Å²) in [5.41, 5.74) is 2.00. The van der Waals surface area contributed by atoms with Crippen molar-refractivity contribution in [3.63, 3.8) is 0 Å². The first-order chi connectivity index (χ1) is 10.1. The van der Waals surface area contributed by atoms with Crippen molar-refractivity contribution in [3.05, 3.63) is 28.0 Å². The third-order valence-corrected chi connectivity index (χ3v) is 5.32. The number of nitrogens with zero attached hydrogens (tertiary/aromatic N) is 2. The maximum Gasteiger partial charge on any atom is 0.0958 e. The van der Waals surface area contributed by atoms with E-state index in [4.69, 9.17) is 11.6 Å². The minimum Gasteiger partial charge on any atom is -0.392 e. The molecule has 0 radical (unpaired) electrons. The molecule has 2 heterocycles. The SMILES string of the molecule is Cl.Cl.O[C@H]1CCCN[C@@H]1CCCn1cnc2cc(Cl)c(Br)cc21. The smallest absolute Gasteiger partial charge is 0.0958 e. The van der Waals surface area contributed by atoms with Crippen molar-refractivity contribution in [1.82, 2.24) is 14.9 Å². The summed E-state index contributed by atoms with van der Waals surface area (Å²) >= 11 is 9.54. The maximum atomic E-state index is 9.96. The molecule has 1 aromatic carbocycles. The molecule has 1 saturated heterocycles.